The Labute approximate surface area is 211 Å². The number of rotatable bonds is 5. The first-order valence-electron chi connectivity index (χ1n) is 11.8. The lowest BCUT2D eigenvalue weighted by atomic mass is 9.88. The molecule has 0 amide bonds. The fourth-order valence-corrected chi connectivity index (χ4v) is 6.95. The van der Waals surface area contributed by atoms with E-state index >= 15 is 0 Å². The van der Waals surface area contributed by atoms with Crippen LogP contribution in [0, 0.1) is 19.7 Å². The van der Waals surface area contributed by atoms with Gasteiger partial charge in [0, 0.05) is 40.3 Å². The van der Waals surface area contributed by atoms with Crippen LogP contribution in [0.4, 0.5) is 4.39 Å². The quantitative estimate of drug-likeness (QED) is 0.301. The number of hydrogen-bond donors (Lipinski definition) is 0. The van der Waals surface area contributed by atoms with Gasteiger partial charge in [-0.1, -0.05) is 53.6 Å². The molecule has 1 aromatic heterocycles. The first-order chi connectivity index (χ1) is 16.8. The molecule has 0 atom stereocenters. The minimum Gasteiger partial charge on any atom is -0.340 e. The van der Waals surface area contributed by atoms with Gasteiger partial charge >= 0.3 is 0 Å². The zero-order chi connectivity index (χ0) is 24.7. The molecule has 0 radical (unpaired) electrons. The van der Waals surface area contributed by atoms with Gasteiger partial charge in [0.05, 0.1) is 11.4 Å². The number of nitrogens with zero attached hydrogens (tertiary/aromatic N) is 2. The van der Waals surface area contributed by atoms with E-state index in [1.807, 2.05) is 31.2 Å². The minimum atomic E-state index is -3.51. The normalized spacial score (nSPS) is 15.7. The van der Waals surface area contributed by atoms with Gasteiger partial charge < -0.3 is 4.57 Å². The molecule has 3 aromatic carbocycles. The van der Waals surface area contributed by atoms with Crippen molar-refractivity contribution in [2.24, 2.45) is 0 Å². The zero-order valence-electron chi connectivity index (χ0n) is 19.8. The molecular formula is C28H28ClFN2O2S. The molecule has 4 nitrogen and oxygen atoms in total. The van der Waals surface area contributed by atoms with E-state index in [1.165, 1.54) is 11.6 Å². The molecule has 1 saturated heterocycles. The molecule has 2 heterocycles. The third kappa shape index (κ3) is 4.39. The van der Waals surface area contributed by atoms with Crippen LogP contribution in [-0.4, -0.2) is 30.4 Å². The molecule has 0 unspecified atom stereocenters. The standard InChI is InChI=1S/C28H28ClFN2O2S/c1-19-10-12-22(13-11-19)35(33,34)31-16-14-21(15-17-31)28-20(2)32(27-9-4-3-6-23(27)28)18-24-25(29)7-5-8-26(24)30/h3-13,21H,14-18H2,1-2H3. The summed E-state index contributed by atoms with van der Waals surface area (Å²) in [6.07, 6.45) is 1.47. The van der Waals surface area contributed by atoms with Gasteiger partial charge in [0.2, 0.25) is 10.0 Å². The summed E-state index contributed by atoms with van der Waals surface area (Å²) in [7, 11) is -3.51. The van der Waals surface area contributed by atoms with Crippen LogP contribution in [-0.2, 0) is 16.6 Å². The molecule has 1 aliphatic rings. The van der Waals surface area contributed by atoms with E-state index in [0.29, 0.717) is 35.1 Å². The van der Waals surface area contributed by atoms with Gasteiger partial charge in [0.15, 0.2) is 0 Å². The summed E-state index contributed by atoms with van der Waals surface area (Å²) in [6.45, 7) is 5.30. The van der Waals surface area contributed by atoms with Crippen LogP contribution in [0.5, 0.6) is 0 Å². The number of benzene rings is 3. The number of piperidine rings is 1. The molecule has 0 N–H and O–H groups in total. The van der Waals surface area contributed by atoms with Gasteiger partial charge in [-0.25, -0.2) is 12.8 Å². The van der Waals surface area contributed by atoms with Crippen LogP contribution < -0.4 is 0 Å². The first kappa shape index (κ1) is 24.0. The Morgan fingerprint density at radius 3 is 2.31 bits per heavy atom. The molecule has 0 aliphatic carbocycles. The van der Waals surface area contributed by atoms with Crippen LogP contribution in [0.3, 0.4) is 0 Å². The Balaban J connectivity index is 1.44. The number of aromatic nitrogens is 1. The number of sulfonamides is 1. The molecule has 0 spiro atoms. The summed E-state index contributed by atoms with van der Waals surface area (Å²) in [5, 5.41) is 1.55. The van der Waals surface area contributed by atoms with Crippen molar-refractivity contribution in [3.8, 4) is 0 Å². The maximum atomic E-state index is 14.6. The van der Waals surface area contributed by atoms with Crippen LogP contribution in [0.2, 0.25) is 5.02 Å². The van der Waals surface area contributed by atoms with Crippen molar-refractivity contribution in [3.63, 3.8) is 0 Å². The lowest BCUT2D eigenvalue weighted by molar-refractivity contribution is 0.319. The molecule has 0 bridgehead atoms. The molecule has 35 heavy (non-hydrogen) atoms. The lowest BCUT2D eigenvalue weighted by Crippen LogP contribution is -2.38. The topological polar surface area (TPSA) is 42.3 Å². The Morgan fingerprint density at radius 2 is 1.63 bits per heavy atom. The highest BCUT2D eigenvalue weighted by Gasteiger charge is 2.32. The second-order valence-electron chi connectivity index (χ2n) is 9.29. The van der Waals surface area contributed by atoms with E-state index in [1.54, 1.807) is 28.6 Å². The van der Waals surface area contributed by atoms with Crippen LogP contribution in [0.25, 0.3) is 10.9 Å². The van der Waals surface area contributed by atoms with Crippen molar-refractivity contribution in [3.05, 3.63) is 100.0 Å². The molecule has 1 aliphatic heterocycles. The summed E-state index contributed by atoms with van der Waals surface area (Å²) in [5.41, 5.74) is 4.84. The van der Waals surface area contributed by atoms with E-state index in [2.05, 4.69) is 23.6 Å². The molecule has 4 aromatic rings. The van der Waals surface area contributed by atoms with Gasteiger partial charge in [-0.05, 0) is 68.5 Å². The van der Waals surface area contributed by atoms with Crippen LogP contribution >= 0.6 is 11.6 Å². The zero-order valence-corrected chi connectivity index (χ0v) is 21.4. The average molecular weight is 511 g/mol. The Bertz CT molecular complexity index is 1470. The Morgan fingerprint density at radius 1 is 0.943 bits per heavy atom. The van der Waals surface area contributed by atoms with Gasteiger partial charge in [-0.3, -0.25) is 0 Å². The highest BCUT2D eigenvalue weighted by atomic mass is 35.5. The fourth-order valence-electron chi connectivity index (χ4n) is 5.26. The number of aryl methyl sites for hydroxylation is 1. The van der Waals surface area contributed by atoms with Crippen molar-refractivity contribution in [2.45, 2.75) is 44.0 Å². The smallest absolute Gasteiger partial charge is 0.243 e. The van der Waals surface area contributed by atoms with E-state index in [-0.39, 0.29) is 11.7 Å². The summed E-state index contributed by atoms with van der Waals surface area (Å²) in [4.78, 5) is 0.344. The van der Waals surface area contributed by atoms with Gasteiger partial charge in [0.25, 0.3) is 0 Å². The summed E-state index contributed by atoms with van der Waals surface area (Å²) >= 11 is 6.34. The number of hydrogen-bond acceptors (Lipinski definition) is 2. The molecule has 182 valence electrons. The maximum Gasteiger partial charge on any atom is 0.243 e. The summed E-state index contributed by atoms with van der Waals surface area (Å²) in [5.74, 6) is -0.0902. The molecule has 5 rings (SSSR count). The first-order valence-corrected chi connectivity index (χ1v) is 13.7. The van der Waals surface area contributed by atoms with Crippen molar-refractivity contribution in [1.82, 2.24) is 8.87 Å². The number of halogens is 2. The van der Waals surface area contributed by atoms with Crippen molar-refractivity contribution in [1.29, 1.82) is 0 Å². The molecule has 0 saturated carbocycles. The largest absolute Gasteiger partial charge is 0.340 e. The Kier molecular flexibility index (Phi) is 6.47. The van der Waals surface area contributed by atoms with Crippen molar-refractivity contribution >= 4 is 32.5 Å². The van der Waals surface area contributed by atoms with E-state index < -0.39 is 10.0 Å². The fraction of sp³-hybridized carbons (Fsp3) is 0.286. The van der Waals surface area contributed by atoms with Gasteiger partial charge in [-0.15, -0.1) is 0 Å². The third-order valence-corrected chi connectivity index (χ3v) is 9.45. The summed E-state index contributed by atoms with van der Waals surface area (Å²) in [6, 6.07) is 20.0. The maximum absolute atomic E-state index is 14.6. The average Bonchev–Trinajstić information content (AvgIpc) is 3.13. The van der Waals surface area contributed by atoms with E-state index in [0.717, 1.165) is 35.0 Å². The van der Waals surface area contributed by atoms with Crippen LogP contribution in [0.15, 0.2) is 71.6 Å². The monoisotopic (exact) mass is 510 g/mol. The number of para-hydroxylation sites is 1. The predicted molar refractivity (Wildman–Crippen MR) is 139 cm³/mol. The second kappa shape index (κ2) is 9.41. The second-order valence-corrected chi connectivity index (χ2v) is 11.6. The summed E-state index contributed by atoms with van der Waals surface area (Å²) < 4.78 is 44.6. The molecule has 7 heteroatoms. The lowest BCUT2D eigenvalue weighted by Gasteiger charge is -2.31. The SMILES string of the molecule is Cc1ccc(S(=O)(=O)N2CCC(c3c(C)n(Cc4c(F)cccc4Cl)c4ccccc34)CC2)cc1. The Hall–Kier alpha value is -2.67. The molecular weight excluding hydrogens is 483 g/mol. The van der Waals surface area contributed by atoms with Crippen molar-refractivity contribution in [2.75, 3.05) is 13.1 Å². The third-order valence-electron chi connectivity index (χ3n) is 7.18. The van der Waals surface area contributed by atoms with Crippen LogP contribution in [0.1, 0.15) is 41.1 Å². The molecule has 1 fully saturated rings. The number of fused-ring (bicyclic) bond motifs is 1. The predicted octanol–water partition coefficient (Wildman–Crippen LogP) is 6.67. The van der Waals surface area contributed by atoms with E-state index in [4.69, 9.17) is 11.6 Å². The van der Waals surface area contributed by atoms with Crippen molar-refractivity contribution < 1.29 is 12.8 Å². The highest BCUT2D eigenvalue weighted by Crippen LogP contribution is 2.39. The van der Waals surface area contributed by atoms with Gasteiger partial charge in [-0.2, -0.15) is 4.31 Å². The van der Waals surface area contributed by atoms with Gasteiger partial charge in [0.1, 0.15) is 5.82 Å². The minimum absolute atomic E-state index is 0.224. The van der Waals surface area contributed by atoms with E-state index in [9.17, 15) is 12.8 Å². The highest BCUT2D eigenvalue weighted by molar-refractivity contribution is 7.89.